The number of hydrogen-bond donors (Lipinski definition) is 1. The van der Waals surface area contributed by atoms with E-state index in [1.807, 2.05) is 29.7 Å². The van der Waals surface area contributed by atoms with E-state index in [2.05, 4.69) is 15.5 Å². The lowest BCUT2D eigenvalue weighted by atomic mass is 10.3. The van der Waals surface area contributed by atoms with Gasteiger partial charge in [0.1, 0.15) is 11.5 Å². The van der Waals surface area contributed by atoms with Crippen LogP contribution in [0.3, 0.4) is 0 Å². The summed E-state index contributed by atoms with van der Waals surface area (Å²) in [5.41, 5.74) is 1.01. The van der Waals surface area contributed by atoms with E-state index < -0.39 is 0 Å². The Morgan fingerprint density at radius 3 is 2.86 bits per heavy atom. The second-order valence-electron chi connectivity index (χ2n) is 5.83. The van der Waals surface area contributed by atoms with E-state index >= 15 is 0 Å². The van der Waals surface area contributed by atoms with Crippen molar-refractivity contribution in [2.75, 3.05) is 23.9 Å². The summed E-state index contributed by atoms with van der Waals surface area (Å²) in [7, 11) is 1.62. The van der Waals surface area contributed by atoms with Crippen molar-refractivity contribution in [1.29, 1.82) is 0 Å². The number of aryl methyl sites for hydroxylation is 2. The molecule has 2 heterocycles. The summed E-state index contributed by atoms with van der Waals surface area (Å²) >= 11 is 2.64. The van der Waals surface area contributed by atoms with Crippen molar-refractivity contribution in [3.8, 4) is 5.75 Å². The molecule has 1 N–H and O–H groups in total. The van der Waals surface area contributed by atoms with Crippen LogP contribution >= 0.6 is 23.1 Å². The molecule has 2 amide bonds. The third kappa shape index (κ3) is 4.82. The van der Waals surface area contributed by atoms with Gasteiger partial charge in [-0.15, -0.1) is 11.8 Å². The molecule has 0 fully saturated rings. The molecule has 10 heteroatoms. The van der Waals surface area contributed by atoms with Crippen LogP contribution in [-0.4, -0.2) is 40.2 Å². The number of ether oxygens (including phenoxy) is 1. The summed E-state index contributed by atoms with van der Waals surface area (Å²) in [5, 5.41) is 6.31. The van der Waals surface area contributed by atoms with Gasteiger partial charge in [0.2, 0.25) is 5.91 Å². The molecule has 2 aromatic heterocycles. The van der Waals surface area contributed by atoms with Crippen LogP contribution in [0.1, 0.15) is 12.7 Å². The van der Waals surface area contributed by atoms with Crippen molar-refractivity contribution in [2.24, 2.45) is 4.99 Å². The average Bonchev–Trinajstić information content (AvgIpc) is 3.23. The number of carbonyl (C=O) groups is 2. The standard InChI is InChI=1S/C18H20N4O4S2/c1-4-22-13-6-5-12(25-3)8-14(13)28-18(22)20-17(24)10-27-9-16(23)19-15-7-11(2)26-21-15/h5-8H,4,9-10H2,1-3H3,(H,19,21,23). The second-order valence-corrected chi connectivity index (χ2v) is 7.83. The first-order chi connectivity index (χ1) is 13.5. The molecule has 0 atom stereocenters. The maximum absolute atomic E-state index is 12.2. The Kier molecular flexibility index (Phi) is 6.53. The molecule has 0 aliphatic heterocycles. The summed E-state index contributed by atoms with van der Waals surface area (Å²) in [6, 6.07) is 7.41. The van der Waals surface area contributed by atoms with Gasteiger partial charge in [-0.1, -0.05) is 16.5 Å². The van der Waals surface area contributed by atoms with E-state index in [0.29, 0.717) is 22.9 Å². The molecule has 0 aliphatic carbocycles. The quantitative estimate of drug-likeness (QED) is 0.631. The predicted molar refractivity (Wildman–Crippen MR) is 110 cm³/mol. The number of thiazole rings is 1. The van der Waals surface area contributed by atoms with Gasteiger partial charge >= 0.3 is 0 Å². The number of anilines is 1. The number of benzene rings is 1. The van der Waals surface area contributed by atoms with Crippen LogP contribution < -0.4 is 14.9 Å². The first-order valence-electron chi connectivity index (χ1n) is 8.56. The number of hydrogen-bond acceptors (Lipinski definition) is 7. The third-order valence-corrected chi connectivity index (χ3v) is 5.74. The highest BCUT2D eigenvalue weighted by Gasteiger charge is 2.10. The molecule has 148 valence electrons. The topological polar surface area (TPSA) is 98.7 Å². The molecule has 3 rings (SSSR count). The Morgan fingerprint density at radius 1 is 1.36 bits per heavy atom. The van der Waals surface area contributed by atoms with Crippen LogP contribution in [0.4, 0.5) is 5.82 Å². The minimum Gasteiger partial charge on any atom is -0.497 e. The molecule has 1 aromatic carbocycles. The average molecular weight is 421 g/mol. The monoisotopic (exact) mass is 420 g/mol. The summed E-state index contributed by atoms with van der Waals surface area (Å²) in [5.74, 6) is 1.46. The zero-order valence-electron chi connectivity index (χ0n) is 15.7. The number of thioether (sulfide) groups is 1. The van der Waals surface area contributed by atoms with Crippen LogP contribution in [0.25, 0.3) is 10.2 Å². The molecular weight excluding hydrogens is 400 g/mol. The fourth-order valence-electron chi connectivity index (χ4n) is 2.55. The number of rotatable bonds is 7. The van der Waals surface area contributed by atoms with E-state index in [-0.39, 0.29) is 23.3 Å². The Balaban J connectivity index is 1.63. The molecule has 3 aromatic rings. The zero-order valence-corrected chi connectivity index (χ0v) is 17.4. The molecule has 0 saturated heterocycles. The molecule has 0 radical (unpaired) electrons. The highest BCUT2D eigenvalue weighted by atomic mass is 32.2. The lowest BCUT2D eigenvalue weighted by Crippen LogP contribution is -2.18. The summed E-state index contributed by atoms with van der Waals surface area (Å²) < 4.78 is 13.1. The fourth-order valence-corrected chi connectivity index (χ4v) is 4.28. The minimum atomic E-state index is -0.282. The SMILES string of the molecule is CCn1c(=NC(=O)CSCC(=O)Nc2cc(C)on2)sc2cc(OC)ccc21. The smallest absolute Gasteiger partial charge is 0.258 e. The zero-order chi connectivity index (χ0) is 20.1. The first kappa shape index (κ1) is 20.2. The van der Waals surface area contributed by atoms with Crippen LogP contribution in [0.15, 0.2) is 33.8 Å². The molecule has 8 nitrogen and oxygen atoms in total. The number of nitrogens with one attached hydrogen (secondary N) is 1. The number of fused-ring (bicyclic) bond motifs is 1. The van der Waals surface area contributed by atoms with Gasteiger partial charge in [-0.25, -0.2) is 0 Å². The lowest BCUT2D eigenvalue weighted by molar-refractivity contribution is -0.115. The van der Waals surface area contributed by atoms with Gasteiger partial charge in [-0.2, -0.15) is 4.99 Å². The Morgan fingerprint density at radius 2 is 2.18 bits per heavy atom. The maximum Gasteiger partial charge on any atom is 0.258 e. The van der Waals surface area contributed by atoms with Gasteiger partial charge < -0.3 is 19.1 Å². The highest BCUT2D eigenvalue weighted by Crippen LogP contribution is 2.23. The van der Waals surface area contributed by atoms with Gasteiger partial charge in [0.25, 0.3) is 5.91 Å². The largest absolute Gasteiger partial charge is 0.497 e. The van der Waals surface area contributed by atoms with Crippen LogP contribution in [0.5, 0.6) is 5.75 Å². The molecule has 28 heavy (non-hydrogen) atoms. The number of nitrogens with zero attached hydrogens (tertiary/aromatic N) is 3. The van der Waals surface area contributed by atoms with Crippen molar-refractivity contribution in [1.82, 2.24) is 9.72 Å². The number of methoxy groups -OCH3 is 1. The van der Waals surface area contributed by atoms with Gasteiger partial charge in [-0.3, -0.25) is 9.59 Å². The van der Waals surface area contributed by atoms with Crippen LogP contribution in [0, 0.1) is 6.92 Å². The Labute approximate surface area is 169 Å². The molecular formula is C18H20N4O4S2. The molecule has 0 unspecified atom stereocenters. The first-order valence-corrected chi connectivity index (χ1v) is 10.5. The van der Waals surface area contributed by atoms with Crippen molar-refractivity contribution < 1.29 is 18.8 Å². The van der Waals surface area contributed by atoms with Crippen molar-refractivity contribution in [2.45, 2.75) is 20.4 Å². The normalized spacial score (nSPS) is 11.8. The van der Waals surface area contributed by atoms with Gasteiger partial charge in [0.15, 0.2) is 10.6 Å². The summed E-state index contributed by atoms with van der Waals surface area (Å²) in [4.78, 5) is 29.0. The fraction of sp³-hybridized carbons (Fsp3) is 0.333. The number of carbonyl (C=O) groups excluding carboxylic acids is 2. The summed E-state index contributed by atoms with van der Waals surface area (Å²) in [6.07, 6.45) is 0. The maximum atomic E-state index is 12.2. The van der Waals surface area contributed by atoms with E-state index in [1.165, 1.54) is 23.1 Å². The second kappa shape index (κ2) is 9.07. The van der Waals surface area contributed by atoms with Crippen molar-refractivity contribution >= 4 is 50.9 Å². The molecule has 0 spiro atoms. The Bertz CT molecular complexity index is 1070. The summed E-state index contributed by atoms with van der Waals surface area (Å²) in [6.45, 7) is 4.44. The van der Waals surface area contributed by atoms with E-state index in [4.69, 9.17) is 9.26 Å². The molecule has 0 aliphatic rings. The van der Waals surface area contributed by atoms with Gasteiger partial charge in [0.05, 0.1) is 28.8 Å². The van der Waals surface area contributed by atoms with Crippen LogP contribution in [0.2, 0.25) is 0 Å². The van der Waals surface area contributed by atoms with E-state index in [0.717, 1.165) is 16.0 Å². The number of amides is 2. The minimum absolute atomic E-state index is 0.118. The van der Waals surface area contributed by atoms with E-state index in [1.54, 1.807) is 20.1 Å². The molecule has 0 bridgehead atoms. The van der Waals surface area contributed by atoms with Crippen LogP contribution in [-0.2, 0) is 16.1 Å². The predicted octanol–water partition coefficient (Wildman–Crippen LogP) is 2.83. The Hall–Kier alpha value is -2.59. The highest BCUT2D eigenvalue weighted by molar-refractivity contribution is 8.00. The van der Waals surface area contributed by atoms with Crippen molar-refractivity contribution in [3.05, 3.63) is 34.8 Å². The van der Waals surface area contributed by atoms with Gasteiger partial charge in [0, 0.05) is 12.6 Å². The lowest BCUT2D eigenvalue weighted by Gasteiger charge is -2.02. The van der Waals surface area contributed by atoms with E-state index in [9.17, 15) is 9.59 Å². The number of aromatic nitrogens is 2. The third-order valence-electron chi connectivity index (χ3n) is 3.78. The molecule has 0 saturated carbocycles. The van der Waals surface area contributed by atoms with Gasteiger partial charge in [-0.05, 0) is 32.0 Å². The van der Waals surface area contributed by atoms with Crippen molar-refractivity contribution in [3.63, 3.8) is 0 Å².